The van der Waals surface area contributed by atoms with E-state index in [0.717, 1.165) is 0 Å². The van der Waals surface area contributed by atoms with Crippen molar-refractivity contribution in [2.75, 3.05) is 6.54 Å². The van der Waals surface area contributed by atoms with Crippen molar-refractivity contribution in [2.45, 2.75) is 58.9 Å². The minimum Gasteiger partial charge on any atom is -0.354 e. The molecule has 1 aromatic heterocycles. The summed E-state index contributed by atoms with van der Waals surface area (Å²) >= 11 is 0. The molecule has 136 valence electrons. The fourth-order valence-electron chi connectivity index (χ4n) is 2.58. The lowest BCUT2D eigenvalue weighted by Crippen LogP contribution is -2.43. The lowest BCUT2D eigenvalue weighted by atomic mass is 9.99. The van der Waals surface area contributed by atoms with Gasteiger partial charge in [-0.25, -0.2) is 0 Å². The maximum atomic E-state index is 12.9. The summed E-state index contributed by atoms with van der Waals surface area (Å²) < 4.78 is 40.3. The van der Waals surface area contributed by atoms with Crippen molar-refractivity contribution in [3.63, 3.8) is 0 Å². The molecule has 0 radical (unpaired) electrons. The van der Waals surface area contributed by atoms with Crippen LogP contribution in [0.25, 0.3) is 0 Å². The zero-order valence-corrected chi connectivity index (χ0v) is 14.2. The summed E-state index contributed by atoms with van der Waals surface area (Å²) in [5.74, 6) is -0.155. The van der Waals surface area contributed by atoms with Crippen LogP contribution in [0.2, 0.25) is 0 Å². The van der Waals surface area contributed by atoms with E-state index in [9.17, 15) is 18.0 Å². The van der Waals surface area contributed by atoms with E-state index in [1.54, 1.807) is 6.92 Å². The van der Waals surface area contributed by atoms with Crippen LogP contribution in [0.4, 0.5) is 13.2 Å². The number of carbonyl (C=O) groups is 1. The highest BCUT2D eigenvalue weighted by Crippen LogP contribution is 2.34. The van der Waals surface area contributed by atoms with Gasteiger partial charge in [0.05, 0.1) is 18.5 Å². The second-order valence-electron chi connectivity index (χ2n) is 6.66. The lowest BCUT2D eigenvalue weighted by Gasteiger charge is -2.26. The maximum Gasteiger partial charge on any atom is 0.393 e. The van der Waals surface area contributed by atoms with Crippen LogP contribution in [0, 0.1) is 11.8 Å². The molecule has 9 heteroatoms. The predicted molar refractivity (Wildman–Crippen MR) is 82.0 cm³/mol. The number of amides is 1. The molecule has 2 heterocycles. The molecule has 0 fully saturated rings. The van der Waals surface area contributed by atoms with Crippen LogP contribution in [-0.2, 0) is 24.3 Å². The van der Waals surface area contributed by atoms with E-state index in [-0.39, 0.29) is 31.8 Å². The molecule has 1 amide bonds. The van der Waals surface area contributed by atoms with E-state index in [2.05, 4.69) is 20.8 Å². The van der Waals surface area contributed by atoms with E-state index >= 15 is 0 Å². The van der Waals surface area contributed by atoms with Gasteiger partial charge in [-0.1, -0.05) is 13.8 Å². The van der Waals surface area contributed by atoms with Crippen molar-refractivity contribution in [1.82, 2.24) is 25.4 Å². The Morgan fingerprint density at radius 3 is 2.67 bits per heavy atom. The molecule has 1 aliphatic heterocycles. The van der Waals surface area contributed by atoms with Gasteiger partial charge in [0.2, 0.25) is 5.91 Å². The van der Waals surface area contributed by atoms with Gasteiger partial charge in [0, 0.05) is 19.5 Å². The number of aryl methyl sites for hydroxylation is 1. The summed E-state index contributed by atoms with van der Waals surface area (Å²) in [5.41, 5.74) is 0. The molecule has 2 rings (SSSR count). The highest BCUT2D eigenvalue weighted by Gasteiger charge is 2.42. The standard InChI is InChI=1S/C15H24F3N5O/c1-9(2)6-20-14(24)10(3)19-7-13-22-21-12-5-4-11(8-23(12)13)15(16,17)18/h9-11,19H,4-8H2,1-3H3,(H,20,24)/t10-,11+/m1/s1. The number of nitrogens with zero attached hydrogens (tertiary/aromatic N) is 3. The smallest absolute Gasteiger partial charge is 0.354 e. The Morgan fingerprint density at radius 1 is 1.33 bits per heavy atom. The first-order chi connectivity index (χ1) is 11.2. The molecule has 1 aromatic rings. The molecule has 1 aliphatic rings. The van der Waals surface area contributed by atoms with E-state index in [4.69, 9.17) is 0 Å². The van der Waals surface area contributed by atoms with Gasteiger partial charge < -0.3 is 9.88 Å². The summed E-state index contributed by atoms with van der Waals surface area (Å²) in [6.45, 7) is 6.33. The van der Waals surface area contributed by atoms with Gasteiger partial charge in [-0.2, -0.15) is 13.2 Å². The van der Waals surface area contributed by atoms with Crippen molar-refractivity contribution in [1.29, 1.82) is 0 Å². The number of fused-ring (bicyclic) bond motifs is 1. The molecular formula is C15H24F3N5O. The molecule has 2 N–H and O–H groups in total. The molecular weight excluding hydrogens is 323 g/mol. The minimum atomic E-state index is -4.21. The summed E-state index contributed by atoms with van der Waals surface area (Å²) in [4.78, 5) is 11.9. The molecule has 6 nitrogen and oxygen atoms in total. The molecule has 0 aliphatic carbocycles. The Labute approximate surface area is 139 Å². The molecule has 0 saturated carbocycles. The van der Waals surface area contributed by atoms with Crippen molar-refractivity contribution in [3.05, 3.63) is 11.6 Å². The third kappa shape index (κ3) is 4.68. The Hall–Kier alpha value is -1.64. The largest absolute Gasteiger partial charge is 0.393 e. The number of halogens is 3. The maximum absolute atomic E-state index is 12.9. The Balaban J connectivity index is 1.93. The van der Waals surface area contributed by atoms with Crippen LogP contribution in [0.5, 0.6) is 0 Å². The number of carbonyl (C=O) groups excluding carboxylic acids is 1. The first-order valence-corrected chi connectivity index (χ1v) is 8.17. The molecule has 0 saturated heterocycles. The molecule has 0 aromatic carbocycles. The minimum absolute atomic E-state index is 0.0447. The highest BCUT2D eigenvalue weighted by molar-refractivity contribution is 5.81. The van der Waals surface area contributed by atoms with Gasteiger partial charge in [0.1, 0.15) is 11.6 Å². The topological polar surface area (TPSA) is 71.8 Å². The SMILES string of the molecule is CC(C)CNC(=O)[C@@H](C)NCc1nnc2n1C[C@@H](C(F)(F)F)CC2. The van der Waals surface area contributed by atoms with Gasteiger partial charge in [-0.15, -0.1) is 10.2 Å². The second-order valence-corrected chi connectivity index (χ2v) is 6.66. The Kier molecular flexibility index (Phi) is 5.84. The number of alkyl halides is 3. The molecule has 24 heavy (non-hydrogen) atoms. The first kappa shape index (κ1) is 18.7. The fourth-order valence-corrected chi connectivity index (χ4v) is 2.58. The van der Waals surface area contributed by atoms with Gasteiger partial charge in [-0.3, -0.25) is 10.1 Å². The third-order valence-corrected chi connectivity index (χ3v) is 4.13. The van der Waals surface area contributed by atoms with Crippen LogP contribution in [-0.4, -0.2) is 39.4 Å². The Morgan fingerprint density at radius 2 is 2.04 bits per heavy atom. The monoisotopic (exact) mass is 347 g/mol. The van der Waals surface area contributed by atoms with E-state index < -0.39 is 18.1 Å². The molecule has 2 atom stereocenters. The van der Waals surface area contributed by atoms with Crippen molar-refractivity contribution >= 4 is 5.91 Å². The van der Waals surface area contributed by atoms with Gasteiger partial charge in [0.15, 0.2) is 0 Å². The molecule has 0 spiro atoms. The van der Waals surface area contributed by atoms with Gasteiger partial charge in [-0.05, 0) is 19.3 Å². The lowest BCUT2D eigenvalue weighted by molar-refractivity contribution is -0.182. The number of aromatic nitrogens is 3. The van der Waals surface area contributed by atoms with Crippen LogP contribution < -0.4 is 10.6 Å². The number of hydrogen-bond donors (Lipinski definition) is 2. The van der Waals surface area contributed by atoms with Crippen molar-refractivity contribution < 1.29 is 18.0 Å². The normalized spacial score (nSPS) is 19.2. The zero-order valence-electron chi connectivity index (χ0n) is 14.2. The highest BCUT2D eigenvalue weighted by atomic mass is 19.4. The number of rotatable bonds is 6. The summed E-state index contributed by atoms with van der Waals surface area (Å²) in [6, 6.07) is -0.460. The molecule has 0 bridgehead atoms. The average Bonchev–Trinajstić information content (AvgIpc) is 2.91. The second kappa shape index (κ2) is 7.50. The van der Waals surface area contributed by atoms with E-state index in [1.807, 2.05) is 13.8 Å². The van der Waals surface area contributed by atoms with E-state index in [1.165, 1.54) is 4.57 Å². The van der Waals surface area contributed by atoms with Gasteiger partial charge in [0.25, 0.3) is 0 Å². The summed E-state index contributed by atoms with van der Waals surface area (Å²) in [5, 5.41) is 13.7. The quantitative estimate of drug-likeness (QED) is 0.821. The van der Waals surface area contributed by atoms with Crippen molar-refractivity contribution in [2.24, 2.45) is 11.8 Å². The zero-order chi connectivity index (χ0) is 17.9. The van der Waals surface area contributed by atoms with Crippen LogP contribution in [0.15, 0.2) is 0 Å². The van der Waals surface area contributed by atoms with Crippen molar-refractivity contribution in [3.8, 4) is 0 Å². The molecule has 0 unspecified atom stereocenters. The number of hydrogen-bond acceptors (Lipinski definition) is 4. The van der Waals surface area contributed by atoms with Crippen LogP contribution in [0.3, 0.4) is 0 Å². The summed E-state index contributed by atoms with van der Waals surface area (Å²) in [6.07, 6.45) is -3.90. The third-order valence-electron chi connectivity index (χ3n) is 4.13. The first-order valence-electron chi connectivity index (χ1n) is 8.17. The van der Waals surface area contributed by atoms with E-state index in [0.29, 0.717) is 24.1 Å². The van der Waals surface area contributed by atoms with Crippen LogP contribution in [0.1, 0.15) is 38.8 Å². The fraction of sp³-hybridized carbons (Fsp3) is 0.800. The van der Waals surface area contributed by atoms with Gasteiger partial charge >= 0.3 is 6.18 Å². The number of nitrogens with one attached hydrogen (secondary N) is 2. The average molecular weight is 347 g/mol. The predicted octanol–water partition coefficient (Wildman–Crippen LogP) is 1.65. The summed E-state index contributed by atoms with van der Waals surface area (Å²) in [7, 11) is 0. The van der Waals surface area contributed by atoms with Crippen LogP contribution >= 0.6 is 0 Å². The Bertz CT molecular complexity index is 570.